The minimum absolute atomic E-state index is 0.173. The predicted molar refractivity (Wildman–Crippen MR) is 81.7 cm³/mol. The molecule has 0 bridgehead atoms. The molecule has 0 saturated heterocycles. The van der Waals surface area contributed by atoms with Gasteiger partial charge in [-0.3, -0.25) is 4.79 Å². The number of methoxy groups -OCH3 is 1. The Morgan fingerprint density at radius 3 is 2.90 bits per heavy atom. The molecule has 0 atom stereocenters. The van der Waals surface area contributed by atoms with Crippen LogP contribution in [0.25, 0.3) is 0 Å². The van der Waals surface area contributed by atoms with Crippen molar-refractivity contribution >= 4 is 34.5 Å². The van der Waals surface area contributed by atoms with Gasteiger partial charge >= 0.3 is 0 Å². The van der Waals surface area contributed by atoms with E-state index < -0.39 is 0 Å². The molecule has 2 rings (SSSR count). The minimum atomic E-state index is -0.173. The Balaban J connectivity index is 2.22. The summed E-state index contributed by atoms with van der Waals surface area (Å²) in [4.78, 5) is 17.2. The van der Waals surface area contributed by atoms with Crippen molar-refractivity contribution in [2.24, 2.45) is 0 Å². The van der Waals surface area contributed by atoms with Crippen LogP contribution in [0.3, 0.4) is 0 Å². The lowest BCUT2D eigenvalue weighted by atomic mass is 10.2. The molecule has 0 saturated carbocycles. The van der Waals surface area contributed by atoms with E-state index in [1.165, 1.54) is 11.3 Å². The Hall–Kier alpha value is -1.43. The van der Waals surface area contributed by atoms with Crippen molar-refractivity contribution < 1.29 is 9.53 Å². The third-order valence-corrected chi connectivity index (χ3v) is 4.37. The van der Waals surface area contributed by atoms with E-state index >= 15 is 0 Å². The van der Waals surface area contributed by atoms with E-state index in [1.807, 2.05) is 19.9 Å². The van der Waals surface area contributed by atoms with Crippen molar-refractivity contribution in [3.63, 3.8) is 0 Å². The summed E-state index contributed by atoms with van der Waals surface area (Å²) in [6, 6.07) is 5.42. The molecule has 0 aliphatic rings. The zero-order valence-corrected chi connectivity index (χ0v) is 13.1. The normalized spacial score (nSPS) is 10.6. The number of rotatable bonds is 4. The van der Waals surface area contributed by atoms with E-state index in [0.717, 1.165) is 10.6 Å². The molecule has 4 nitrogen and oxygen atoms in total. The number of hydrogen-bond donors (Lipinski definition) is 1. The van der Waals surface area contributed by atoms with Crippen molar-refractivity contribution in [2.45, 2.75) is 20.5 Å². The zero-order valence-electron chi connectivity index (χ0n) is 11.5. The van der Waals surface area contributed by atoms with Crippen LogP contribution in [0.15, 0.2) is 18.2 Å². The van der Waals surface area contributed by atoms with Crippen LogP contribution in [0.4, 0.5) is 5.69 Å². The van der Waals surface area contributed by atoms with Crippen LogP contribution in [0.2, 0.25) is 5.02 Å². The van der Waals surface area contributed by atoms with Gasteiger partial charge in [0.05, 0.1) is 12.3 Å². The molecular formula is C14H15ClN2O2S. The molecule has 0 aliphatic carbocycles. The first kappa shape index (κ1) is 15.0. The van der Waals surface area contributed by atoms with Crippen LogP contribution in [0.5, 0.6) is 0 Å². The molecule has 1 amide bonds. The summed E-state index contributed by atoms with van der Waals surface area (Å²) in [5.41, 5.74) is 2.27. The number of nitrogens with one attached hydrogen (secondary N) is 1. The van der Waals surface area contributed by atoms with Gasteiger partial charge in [0.2, 0.25) is 0 Å². The summed E-state index contributed by atoms with van der Waals surface area (Å²) in [6.45, 7) is 4.10. The zero-order chi connectivity index (χ0) is 14.7. The van der Waals surface area contributed by atoms with Gasteiger partial charge in [-0.15, -0.1) is 11.3 Å². The molecule has 0 aliphatic heterocycles. The number of amides is 1. The van der Waals surface area contributed by atoms with Gasteiger partial charge in [-0.2, -0.15) is 0 Å². The van der Waals surface area contributed by atoms with Crippen molar-refractivity contribution in [1.29, 1.82) is 0 Å². The Morgan fingerprint density at radius 2 is 2.20 bits per heavy atom. The standard InChI is InChI=1S/C14H15ClN2O2S/c1-8-10(15)5-4-6-11(8)17-14(18)13-9(2)16-12(20-13)7-19-3/h4-6H,7H2,1-3H3,(H,17,18). The second-order valence-electron chi connectivity index (χ2n) is 4.32. The van der Waals surface area contributed by atoms with Gasteiger partial charge in [-0.05, 0) is 31.5 Å². The maximum Gasteiger partial charge on any atom is 0.267 e. The summed E-state index contributed by atoms with van der Waals surface area (Å²) in [7, 11) is 1.60. The lowest BCUT2D eigenvalue weighted by Crippen LogP contribution is -2.12. The molecule has 0 unspecified atom stereocenters. The Labute approximate surface area is 126 Å². The van der Waals surface area contributed by atoms with Gasteiger partial charge in [-0.25, -0.2) is 4.98 Å². The molecular weight excluding hydrogens is 296 g/mol. The molecule has 0 spiro atoms. The van der Waals surface area contributed by atoms with Crippen LogP contribution >= 0.6 is 22.9 Å². The Morgan fingerprint density at radius 1 is 1.45 bits per heavy atom. The SMILES string of the molecule is COCc1nc(C)c(C(=O)Nc2cccc(Cl)c2C)s1. The quantitative estimate of drug-likeness (QED) is 0.934. The number of thiazole rings is 1. The third-order valence-electron chi connectivity index (χ3n) is 2.83. The molecule has 0 fully saturated rings. The highest BCUT2D eigenvalue weighted by molar-refractivity contribution is 7.13. The maximum absolute atomic E-state index is 12.3. The fraction of sp³-hybridized carbons (Fsp3) is 0.286. The molecule has 0 radical (unpaired) electrons. The van der Waals surface area contributed by atoms with Crippen molar-refractivity contribution in [3.05, 3.63) is 44.4 Å². The largest absolute Gasteiger partial charge is 0.378 e. The summed E-state index contributed by atoms with van der Waals surface area (Å²) in [6.07, 6.45) is 0. The number of benzene rings is 1. The van der Waals surface area contributed by atoms with E-state index in [9.17, 15) is 4.79 Å². The first-order chi connectivity index (χ1) is 9.52. The second-order valence-corrected chi connectivity index (χ2v) is 5.81. The topological polar surface area (TPSA) is 51.2 Å². The van der Waals surface area contributed by atoms with Crippen molar-refractivity contribution in [1.82, 2.24) is 4.98 Å². The fourth-order valence-corrected chi connectivity index (χ4v) is 2.88. The Bertz CT molecular complexity index is 640. The van der Waals surface area contributed by atoms with Crippen LogP contribution in [-0.2, 0) is 11.3 Å². The fourth-order valence-electron chi connectivity index (χ4n) is 1.77. The number of nitrogens with zero attached hydrogens (tertiary/aromatic N) is 1. The number of carbonyl (C=O) groups is 1. The van der Waals surface area contributed by atoms with Crippen LogP contribution in [0.1, 0.15) is 25.9 Å². The van der Waals surface area contributed by atoms with Gasteiger partial charge in [0.25, 0.3) is 5.91 Å². The highest BCUT2D eigenvalue weighted by Crippen LogP contribution is 2.25. The smallest absolute Gasteiger partial charge is 0.267 e. The van der Waals surface area contributed by atoms with Gasteiger partial charge in [0, 0.05) is 17.8 Å². The summed E-state index contributed by atoms with van der Waals surface area (Å²) in [5.74, 6) is -0.173. The number of carbonyl (C=O) groups excluding carboxylic acids is 1. The molecule has 6 heteroatoms. The number of aromatic nitrogens is 1. The number of aryl methyl sites for hydroxylation is 1. The highest BCUT2D eigenvalue weighted by atomic mass is 35.5. The summed E-state index contributed by atoms with van der Waals surface area (Å²) < 4.78 is 5.03. The van der Waals surface area contributed by atoms with Crippen LogP contribution < -0.4 is 5.32 Å². The molecule has 20 heavy (non-hydrogen) atoms. The average Bonchev–Trinajstić information content (AvgIpc) is 2.76. The van der Waals surface area contributed by atoms with E-state index in [1.54, 1.807) is 19.2 Å². The molecule has 106 valence electrons. The van der Waals surface area contributed by atoms with Crippen molar-refractivity contribution in [3.8, 4) is 0 Å². The first-order valence-electron chi connectivity index (χ1n) is 6.04. The summed E-state index contributed by atoms with van der Waals surface area (Å²) >= 11 is 7.38. The van der Waals surface area contributed by atoms with Gasteiger partial charge in [0.15, 0.2) is 0 Å². The summed E-state index contributed by atoms with van der Waals surface area (Å²) in [5, 5.41) is 4.29. The monoisotopic (exact) mass is 310 g/mol. The van der Waals surface area contributed by atoms with E-state index in [2.05, 4.69) is 10.3 Å². The van der Waals surface area contributed by atoms with E-state index in [4.69, 9.17) is 16.3 Å². The maximum atomic E-state index is 12.3. The average molecular weight is 311 g/mol. The lowest BCUT2D eigenvalue weighted by Gasteiger charge is -2.08. The van der Waals surface area contributed by atoms with Gasteiger partial charge in [-0.1, -0.05) is 17.7 Å². The van der Waals surface area contributed by atoms with Gasteiger partial charge in [0.1, 0.15) is 9.88 Å². The molecule has 1 aromatic heterocycles. The van der Waals surface area contributed by atoms with E-state index in [-0.39, 0.29) is 5.91 Å². The van der Waals surface area contributed by atoms with Crippen LogP contribution in [0, 0.1) is 13.8 Å². The number of anilines is 1. The van der Waals surface area contributed by atoms with Gasteiger partial charge < -0.3 is 10.1 Å². The Kier molecular flexibility index (Phi) is 4.75. The molecule has 1 heterocycles. The van der Waals surface area contributed by atoms with Crippen LogP contribution in [-0.4, -0.2) is 18.0 Å². The lowest BCUT2D eigenvalue weighted by molar-refractivity contribution is 0.102. The minimum Gasteiger partial charge on any atom is -0.378 e. The first-order valence-corrected chi connectivity index (χ1v) is 7.24. The van der Waals surface area contributed by atoms with E-state index in [0.29, 0.717) is 27.9 Å². The molecule has 2 aromatic rings. The number of halogens is 1. The second kappa shape index (κ2) is 6.35. The molecule has 1 N–H and O–H groups in total. The highest BCUT2D eigenvalue weighted by Gasteiger charge is 2.16. The molecule has 1 aromatic carbocycles. The predicted octanol–water partition coefficient (Wildman–Crippen LogP) is 3.81. The third kappa shape index (κ3) is 3.17. The number of ether oxygens (including phenoxy) is 1. The van der Waals surface area contributed by atoms with Crippen molar-refractivity contribution in [2.75, 3.05) is 12.4 Å². The number of hydrogen-bond acceptors (Lipinski definition) is 4.